The highest BCUT2D eigenvalue weighted by Crippen LogP contribution is 2.17. The maximum absolute atomic E-state index is 11.6. The van der Waals surface area contributed by atoms with Gasteiger partial charge in [0.05, 0.1) is 17.9 Å². The number of furan rings is 1. The van der Waals surface area contributed by atoms with Crippen molar-refractivity contribution in [3.63, 3.8) is 0 Å². The van der Waals surface area contributed by atoms with Crippen molar-refractivity contribution in [2.45, 2.75) is 31.8 Å². The molecule has 0 radical (unpaired) electrons. The zero-order valence-corrected chi connectivity index (χ0v) is 8.07. The Morgan fingerprint density at radius 3 is 3.07 bits per heavy atom. The molecule has 0 spiro atoms. The number of rotatable bonds is 3. The van der Waals surface area contributed by atoms with Crippen LogP contribution in [-0.2, 0) is 4.74 Å². The molecule has 2 rings (SSSR count). The average Bonchev–Trinajstić information content (AvgIpc) is 2.72. The lowest BCUT2D eigenvalue weighted by Crippen LogP contribution is -2.22. The maximum Gasteiger partial charge on any atom is 0.168 e. The van der Waals surface area contributed by atoms with E-state index in [0.717, 1.165) is 19.4 Å². The lowest BCUT2D eigenvalue weighted by Gasteiger charge is -2.21. The summed E-state index contributed by atoms with van der Waals surface area (Å²) in [6, 6.07) is 1.70. The fraction of sp³-hybridized carbons (Fsp3) is 0.545. The van der Waals surface area contributed by atoms with Crippen molar-refractivity contribution >= 4 is 5.78 Å². The van der Waals surface area contributed by atoms with Crippen LogP contribution < -0.4 is 0 Å². The Kier molecular flexibility index (Phi) is 2.99. The van der Waals surface area contributed by atoms with Gasteiger partial charge in [0.25, 0.3) is 0 Å². The summed E-state index contributed by atoms with van der Waals surface area (Å²) < 4.78 is 10.4. The van der Waals surface area contributed by atoms with Crippen LogP contribution in [0.2, 0.25) is 0 Å². The molecule has 1 aliphatic rings. The van der Waals surface area contributed by atoms with E-state index in [-0.39, 0.29) is 11.9 Å². The first-order valence-corrected chi connectivity index (χ1v) is 5.03. The van der Waals surface area contributed by atoms with E-state index in [9.17, 15) is 4.79 Å². The first kappa shape index (κ1) is 9.46. The van der Waals surface area contributed by atoms with E-state index < -0.39 is 0 Å². The summed E-state index contributed by atoms with van der Waals surface area (Å²) in [5.41, 5.74) is 0.652. The van der Waals surface area contributed by atoms with Gasteiger partial charge in [-0.1, -0.05) is 0 Å². The average molecular weight is 194 g/mol. The summed E-state index contributed by atoms with van der Waals surface area (Å²) in [6.07, 6.45) is 6.91. The third-order valence-electron chi connectivity index (χ3n) is 2.53. The highest BCUT2D eigenvalue weighted by atomic mass is 16.5. The van der Waals surface area contributed by atoms with Gasteiger partial charge in [-0.15, -0.1) is 0 Å². The van der Waals surface area contributed by atoms with Crippen LogP contribution in [0.5, 0.6) is 0 Å². The molecular formula is C11H14O3. The normalized spacial score (nSPS) is 22.1. The minimum absolute atomic E-state index is 0.116. The highest BCUT2D eigenvalue weighted by molar-refractivity contribution is 5.95. The quantitative estimate of drug-likeness (QED) is 0.694. The monoisotopic (exact) mass is 194 g/mol. The largest absolute Gasteiger partial charge is 0.472 e. The molecule has 1 unspecified atom stereocenters. The lowest BCUT2D eigenvalue weighted by molar-refractivity contribution is 0.0129. The highest BCUT2D eigenvalue weighted by Gasteiger charge is 2.18. The Hall–Kier alpha value is -1.09. The second-order valence-electron chi connectivity index (χ2n) is 3.63. The smallest absolute Gasteiger partial charge is 0.168 e. The fourth-order valence-electron chi connectivity index (χ4n) is 1.72. The van der Waals surface area contributed by atoms with Crippen LogP contribution >= 0.6 is 0 Å². The number of hydrogen-bond acceptors (Lipinski definition) is 3. The molecule has 0 saturated carbocycles. The Labute approximate surface area is 83.0 Å². The van der Waals surface area contributed by atoms with Crippen molar-refractivity contribution < 1.29 is 13.9 Å². The molecule has 76 valence electrons. The van der Waals surface area contributed by atoms with Gasteiger partial charge in [-0.3, -0.25) is 4.79 Å². The summed E-state index contributed by atoms with van der Waals surface area (Å²) in [7, 11) is 0. The molecule has 0 amide bonds. The Bertz CT molecular complexity index is 283. The minimum Gasteiger partial charge on any atom is -0.472 e. The third kappa shape index (κ3) is 2.23. The van der Waals surface area contributed by atoms with E-state index in [4.69, 9.17) is 9.15 Å². The summed E-state index contributed by atoms with van der Waals surface area (Å²) >= 11 is 0. The van der Waals surface area contributed by atoms with Gasteiger partial charge in [-0.2, -0.15) is 0 Å². The number of carbonyl (C=O) groups excluding carboxylic acids is 1. The lowest BCUT2D eigenvalue weighted by atomic mass is 10.0. The SMILES string of the molecule is O=C(CC1CCCCO1)c1ccoc1. The molecule has 0 N–H and O–H groups in total. The number of hydrogen-bond donors (Lipinski definition) is 0. The van der Waals surface area contributed by atoms with Crippen LogP contribution in [-0.4, -0.2) is 18.5 Å². The van der Waals surface area contributed by atoms with Crippen LogP contribution in [0.25, 0.3) is 0 Å². The van der Waals surface area contributed by atoms with Gasteiger partial charge in [0.1, 0.15) is 6.26 Å². The zero-order valence-electron chi connectivity index (χ0n) is 8.07. The number of ether oxygens (including phenoxy) is 1. The van der Waals surface area contributed by atoms with E-state index in [2.05, 4.69) is 0 Å². The molecule has 1 aliphatic heterocycles. The van der Waals surface area contributed by atoms with Gasteiger partial charge in [0.2, 0.25) is 0 Å². The van der Waals surface area contributed by atoms with Gasteiger partial charge < -0.3 is 9.15 Å². The predicted molar refractivity (Wildman–Crippen MR) is 51.2 cm³/mol. The Balaban J connectivity index is 1.87. The minimum atomic E-state index is 0.116. The van der Waals surface area contributed by atoms with Crippen molar-refractivity contribution in [2.75, 3.05) is 6.61 Å². The van der Waals surface area contributed by atoms with Crippen LogP contribution in [0.4, 0.5) is 0 Å². The molecule has 2 heterocycles. The van der Waals surface area contributed by atoms with Crippen LogP contribution in [0.1, 0.15) is 36.0 Å². The van der Waals surface area contributed by atoms with Crippen LogP contribution in [0, 0.1) is 0 Å². The molecule has 1 saturated heterocycles. The van der Waals surface area contributed by atoms with Gasteiger partial charge in [0, 0.05) is 13.0 Å². The zero-order chi connectivity index (χ0) is 9.80. The van der Waals surface area contributed by atoms with E-state index >= 15 is 0 Å². The maximum atomic E-state index is 11.6. The van der Waals surface area contributed by atoms with E-state index in [1.165, 1.54) is 18.9 Å². The third-order valence-corrected chi connectivity index (χ3v) is 2.53. The summed E-state index contributed by atoms with van der Waals surface area (Å²) in [5, 5.41) is 0. The van der Waals surface area contributed by atoms with E-state index in [1.807, 2.05) is 0 Å². The van der Waals surface area contributed by atoms with Gasteiger partial charge in [-0.25, -0.2) is 0 Å². The van der Waals surface area contributed by atoms with E-state index in [1.54, 1.807) is 6.07 Å². The van der Waals surface area contributed by atoms with Crippen molar-refractivity contribution in [1.82, 2.24) is 0 Å². The van der Waals surface area contributed by atoms with Gasteiger partial charge >= 0.3 is 0 Å². The number of ketones is 1. The topological polar surface area (TPSA) is 39.4 Å². The molecule has 0 aliphatic carbocycles. The Morgan fingerprint density at radius 1 is 1.50 bits per heavy atom. The fourth-order valence-corrected chi connectivity index (χ4v) is 1.72. The molecular weight excluding hydrogens is 180 g/mol. The first-order valence-electron chi connectivity index (χ1n) is 5.03. The van der Waals surface area contributed by atoms with E-state index in [0.29, 0.717) is 12.0 Å². The summed E-state index contributed by atoms with van der Waals surface area (Å²) in [6.45, 7) is 0.795. The van der Waals surface area contributed by atoms with Gasteiger partial charge in [-0.05, 0) is 25.3 Å². The predicted octanol–water partition coefficient (Wildman–Crippen LogP) is 2.42. The van der Waals surface area contributed by atoms with Crippen molar-refractivity contribution in [3.05, 3.63) is 24.2 Å². The molecule has 1 aromatic heterocycles. The van der Waals surface area contributed by atoms with Crippen LogP contribution in [0.3, 0.4) is 0 Å². The Morgan fingerprint density at radius 2 is 2.43 bits per heavy atom. The molecule has 1 aromatic rings. The number of carbonyl (C=O) groups is 1. The number of Topliss-reactive ketones (excluding diaryl/α,β-unsaturated/α-hetero) is 1. The van der Waals surface area contributed by atoms with Crippen molar-refractivity contribution in [1.29, 1.82) is 0 Å². The molecule has 14 heavy (non-hydrogen) atoms. The molecule has 3 nitrogen and oxygen atoms in total. The van der Waals surface area contributed by atoms with Gasteiger partial charge in [0.15, 0.2) is 5.78 Å². The van der Waals surface area contributed by atoms with Crippen molar-refractivity contribution in [2.24, 2.45) is 0 Å². The molecule has 1 atom stereocenters. The molecule has 0 aromatic carbocycles. The molecule has 1 fully saturated rings. The summed E-state index contributed by atoms with van der Waals surface area (Å²) in [5.74, 6) is 0.116. The summed E-state index contributed by atoms with van der Waals surface area (Å²) in [4.78, 5) is 11.6. The molecule has 0 bridgehead atoms. The first-order chi connectivity index (χ1) is 6.86. The van der Waals surface area contributed by atoms with Crippen molar-refractivity contribution in [3.8, 4) is 0 Å². The van der Waals surface area contributed by atoms with Crippen LogP contribution in [0.15, 0.2) is 23.0 Å². The molecule has 3 heteroatoms. The second-order valence-corrected chi connectivity index (χ2v) is 3.63. The standard InChI is InChI=1S/C11H14O3/c12-11(9-4-6-13-8-9)7-10-3-1-2-5-14-10/h4,6,8,10H,1-3,5,7H2. The second kappa shape index (κ2) is 4.42.